The van der Waals surface area contributed by atoms with Gasteiger partial charge in [0.2, 0.25) is 10.0 Å². The van der Waals surface area contributed by atoms with Crippen molar-refractivity contribution < 1.29 is 8.42 Å². The Morgan fingerprint density at radius 1 is 1.15 bits per heavy atom. The molecule has 0 aliphatic carbocycles. The minimum atomic E-state index is -3.54. The van der Waals surface area contributed by atoms with E-state index >= 15 is 0 Å². The highest BCUT2D eigenvalue weighted by atomic mass is 79.9. The Kier molecular flexibility index (Phi) is 5.20. The fourth-order valence-corrected chi connectivity index (χ4v) is 1.40. The van der Waals surface area contributed by atoms with E-state index in [1.54, 1.807) is 12.1 Å². The number of rotatable bonds is 1. The topological polar surface area (TPSA) is 60.2 Å². The molecule has 0 bridgehead atoms. The van der Waals surface area contributed by atoms with Crippen LogP contribution in [0.1, 0.15) is 13.8 Å². The largest absolute Gasteiger partial charge is 0.238 e. The molecule has 0 fully saturated rings. The molecule has 0 amide bonds. The molecule has 1 rings (SSSR count). The van der Waals surface area contributed by atoms with Crippen molar-refractivity contribution in [2.45, 2.75) is 18.7 Å². The van der Waals surface area contributed by atoms with Gasteiger partial charge in [-0.2, -0.15) is 0 Å². The minimum Gasteiger partial charge on any atom is -0.225 e. The summed E-state index contributed by atoms with van der Waals surface area (Å²) in [6.45, 7) is 4.00. The summed E-state index contributed by atoms with van der Waals surface area (Å²) in [4.78, 5) is 0.126. The SMILES string of the molecule is CC.NS(=O)(=O)c1ccc(Br)cc1. The van der Waals surface area contributed by atoms with Crippen molar-refractivity contribution in [1.29, 1.82) is 0 Å². The number of primary sulfonamides is 1. The summed E-state index contributed by atoms with van der Waals surface area (Å²) in [5.74, 6) is 0. The number of halogens is 1. The molecule has 1 aromatic rings. The maximum Gasteiger partial charge on any atom is 0.238 e. The van der Waals surface area contributed by atoms with Gasteiger partial charge in [0.05, 0.1) is 4.90 Å². The van der Waals surface area contributed by atoms with Gasteiger partial charge in [-0.05, 0) is 24.3 Å². The van der Waals surface area contributed by atoms with Crippen molar-refractivity contribution in [1.82, 2.24) is 0 Å². The lowest BCUT2D eigenvalue weighted by Gasteiger charge is -1.95. The molecule has 2 N–H and O–H groups in total. The Balaban J connectivity index is 0.000000671. The Labute approximate surface area is 87.1 Å². The van der Waals surface area contributed by atoms with Crippen LogP contribution < -0.4 is 5.14 Å². The van der Waals surface area contributed by atoms with E-state index in [2.05, 4.69) is 15.9 Å². The third-order valence-electron chi connectivity index (χ3n) is 1.14. The number of nitrogens with two attached hydrogens (primary N) is 1. The van der Waals surface area contributed by atoms with Gasteiger partial charge in [-0.1, -0.05) is 29.8 Å². The average molecular weight is 266 g/mol. The highest BCUT2D eigenvalue weighted by Gasteiger charge is 2.05. The summed E-state index contributed by atoms with van der Waals surface area (Å²) in [5.41, 5.74) is 0. The van der Waals surface area contributed by atoms with Crippen LogP contribution in [0.3, 0.4) is 0 Å². The molecule has 0 saturated heterocycles. The average Bonchev–Trinajstić information content (AvgIpc) is 2.07. The normalized spacial score (nSPS) is 10.2. The standard InChI is InChI=1S/C6H6BrNO2S.C2H6/c7-5-1-3-6(4-2-5)11(8,9)10;1-2/h1-4H,(H2,8,9,10);1-2H3. The molecule has 0 aliphatic heterocycles. The van der Waals surface area contributed by atoms with E-state index in [-0.39, 0.29) is 4.90 Å². The summed E-state index contributed by atoms with van der Waals surface area (Å²) in [7, 11) is -3.54. The van der Waals surface area contributed by atoms with Gasteiger partial charge in [-0.25, -0.2) is 13.6 Å². The van der Waals surface area contributed by atoms with Crippen molar-refractivity contribution in [3.05, 3.63) is 28.7 Å². The van der Waals surface area contributed by atoms with Crippen molar-refractivity contribution in [3.63, 3.8) is 0 Å². The summed E-state index contributed by atoms with van der Waals surface area (Å²) in [5, 5.41) is 4.86. The van der Waals surface area contributed by atoms with E-state index in [4.69, 9.17) is 5.14 Å². The summed E-state index contributed by atoms with van der Waals surface area (Å²) >= 11 is 3.18. The lowest BCUT2D eigenvalue weighted by Crippen LogP contribution is -2.11. The quantitative estimate of drug-likeness (QED) is 0.846. The molecule has 0 unspecified atom stereocenters. The van der Waals surface area contributed by atoms with Crippen LogP contribution in [-0.2, 0) is 10.0 Å². The summed E-state index contributed by atoms with van der Waals surface area (Å²) in [6.07, 6.45) is 0. The van der Waals surface area contributed by atoms with Crippen molar-refractivity contribution >= 4 is 26.0 Å². The highest BCUT2D eigenvalue weighted by molar-refractivity contribution is 9.10. The van der Waals surface area contributed by atoms with E-state index in [9.17, 15) is 8.42 Å². The second-order valence-electron chi connectivity index (χ2n) is 2.00. The lowest BCUT2D eigenvalue weighted by atomic mass is 10.4. The maximum absolute atomic E-state index is 10.7. The van der Waals surface area contributed by atoms with E-state index in [0.717, 1.165) is 4.47 Å². The van der Waals surface area contributed by atoms with Crippen molar-refractivity contribution in [3.8, 4) is 0 Å². The molecule has 0 heterocycles. The van der Waals surface area contributed by atoms with Gasteiger partial charge in [0, 0.05) is 4.47 Å². The molecular formula is C8H12BrNO2S. The fourth-order valence-electron chi connectivity index (χ4n) is 0.624. The van der Waals surface area contributed by atoms with Crippen LogP contribution in [-0.4, -0.2) is 8.42 Å². The molecular weight excluding hydrogens is 254 g/mol. The first-order valence-electron chi connectivity index (χ1n) is 3.78. The van der Waals surface area contributed by atoms with E-state index in [1.165, 1.54) is 12.1 Å². The third-order valence-corrected chi connectivity index (χ3v) is 2.60. The van der Waals surface area contributed by atoms with Gasteiger partial charge in [-0.3, -0.25) is 0 Å². The van der Waals surface area contributed by atoms with Gasteiger partial charge in [0.25, 0.3) is 0 Å². The van der Waals surface area contributed by atoms with Crippen molar-refractivity contribution in [2.75, 3.05) is 0 Å². The summed E-state index contributed by atoms with van der Waals surface area (Å²) < 4.78 is 22.2. The van der Waals surface area contributed by atoms with Crippen LogP contribution >= 0.6 is 15.9 Å². The predicted molar refractivity (Wildman–Crippen MR) is 56.9 cm³/mol. The molecule has 13 heavy (non-hydrogen) atoms. The molecule has 3 nitrogen and oxygen atoms in total. The van der Waals surface area contributed by atoms with E-state index in [1.807, 2.05) is 13.8 Å². The molecule has 0 aromatic heterocycles. The molecule has 5 heteroatoms. The van der Waals surface area contributed by atoms with Gasteiger partial charge >= 0.3 is 0 Å². The predicted octanol–water partition coefficient (Wildman–Crippen LogP) is 2.12. The summed E-state index contributed by atoms with van der Waals surface area (Å²) in [6, 6.07) is 6.14. The first-order valence-corrected chi connectivity index (χ1v) is 6.12. The monoisotopic (exact) mass is 265 g/mol. The van der Waals surface area contributed by atoms with Gasteiger partial charge in [0.1, 0.15) is 0 Å². The minimum absolute atomic E-state index is 0.126. The van der Waals surface area contributed by atoms with Gasteiger partial charge in [0.15, 0.2) is 0 Å². The molecule has 0 atom stereocenters. The van der Waals surface area contributed by atoms with Crippen LogP contribution in [0.5, 0.6) is 0 Å². The molecule has 0 spiro atoms. The van der Waals surface area contributed by atoms with Crippen LogP contribution in [0.2, 0.25) is 0 Å². The van der Waals surface area contributed by atoms with E-state index < -0.39 is 10.0 Å². The van der Waals surface area contributed by atoms with E-state index in [0.29, 0.717) is 0 Å². The Morgan fingerprint density at radius 3 is 1.85 bits per heavy atom. The molecule has 1 aromatic carbocycles. The first kappa shape index (κ1) is 12.6. The number of sulfonamides is 1. The smallest absolute Gasteiger partial charge is 0.225 e. The Morgan fingerprint density at radius 2 is 1.54 bits per heavy atom. The number of hydrogen-bond acceptors (Lipinski definition) is 2. The number of benzene rings is 1. The zero-order valence-electron chi connectivity index (χ0n) is 7.49. The number of hydrogen-bond donors (Lipinski definition) is 1. The maximum atomic E-state index is 10.7. The molecule has 74 valence electrons. The third kappa shape index (κ3) is 4.40. The Hall–Kier alpha value is -0.390. The van der Waals surface area contributed by atoms with Crippen LogP contribution in [0.25, 0.3) is 0 Å². The van der Waals surface area contributed by atoms with Gasteiger partial charge < -0.3 is 0 Å². The zero-order chi connectivity index (χ0) is 10.5. The molecule has 0 saturated carbocycles. The highest BCUT2D eigenvalue weighted by Crippen LogP contribution is 2.12. The molecule has 0 radical (unpaired) electrons. The first-order chi connectivity index (χ1) is 6.00. The zero-order valence-corrected chi connectivity index (χ0v) is 9.89. The second-order valence-corrected chi connectivity index (χ2v) is 4.48. The lowest BCUT2D eigenvalue weighted by molar-refractivity contribution is 0.598. The van der Waals surface area contributed by atoms with Crippen LogP contribution in [0.15, 0.2) is 33.6 Å². The van der Waals surface area contributed by atoms with Crippen LogP contribution in [0.4, 0.5) is 0 Å². The van der Waals surface area contributed by atoms with Crippen molar-refractivity contribution in [2.24, 2.45) is 5.14 Å². The fraction of sp³-hybridized carbons (Fsp3) is 0.250. The second kappa shape index (κ2) is 5.36. The van der Waals surface area contributed by atoms with Gasteiger partial charge in [-0.15, -0.1) is 0 Å². The Bertz CT molecular complexity index is 345. The molecule has 0 aliphatic rings. The van der Waals surface area contributed by atoms with Crippen LogP contribution in [0, 0.1) is 0 Å².